The van der Waals surface area contributed by atoms with Gasteiger partial charge in [0, 0.05) is 49.8 Å². The molecule has 0 aliphatic carbocycles. The Morgan fingerprint density at radius 1 is 1.17 bits per heavy atom. The van der Waals surface area contributed by atoms with Crippen molar-refractivity contribution in [2.75, 3.05) is 45.6 Å². The smallest absolute Gasteiger partial charge is 0.223 e. The van der Waals surface area contributed by atoms with E-state index in [0.29, 0.717) is 12.3 Å². The number of hydrogen-bond donors (Lipinski definition) is 0. The number of hydrogen-bond acceptors (Lipinski definition) is 4. The summed E-state index contributed by atoms with van der Waals surface area (Å²) in [5.41, 5.74) is 0. The molecule has 1 aliphatic rings. The van der Waals surface area contributed by atoms with Gasteiger partial charge in [0.1, 0.15) is 5.75 Å². The molecule has 0 aromatic heterocycles. The molecule has 0 unspecified atom stereocenters. The van der Waals surface area contributed by atoms with E-state index in [1.807, 2.05) is 29.2 Å². The van der Waals surface area contributed by atoms with E-state index < -0.39 is 0 Å². The van der Waals surface area contributed by atoms with Crippen molar-refractivity contribution < 1.29 is 9.53 Å². The lowest BCUT2D eigenvalue weighted by Gasteiger charge is -2.35. The minimum absolute atomic E-state index is 0.287. The summed E-state index contributed by atoms with van der Waals surface area (Å²) < 4.78 is 5.15. The van der Waals surface area contributed by atoms with Crippen LogP contribution in [0.1, 0.15) is 20.3 Å². The number of thioether (sulfide) groups is 1. The zero-order valence-corrected chi connectivity index (χ0v) is 15.3. The second-order valence-electron chi connectivity index (χ2n) is 6.35. The van der Waals surface area contributed by atoms with Gasteiger partial charge >= 0.3 is 0 Å². The van der Waals surface area contributed by atoms with Crippen LogP contribution in [0, 0.1) is 5.92 Å². The van der Waals surface area contributed by atoms with Gasteiger partial charge in [-0.05, 0) is 30.2 Å². The number of piperazine rings is 1. The molecule has 2 rings (SSSR count). The fraction of sp³-hybridized carbons (Fsp3) is 0.611. The first-order valence-corrected chi connectivity index (χ1v) is 9.34. The molecule has 0 bridgehead atoms. The van der Waals surface area contributed by atoms with Gasteiger partial charge in [0.05, 0.1) is 7.11 Å². The van der Waals surface area contributed by atoms with E-state index in [1.54, 1.807) is 18.9 Å². The van der Waals surface area contributed by atoms with Crippen LogP contribution in [0.3, 0.4) is 0 Å². The summed E-state index contributed by atoms with van der Waals surface area (Å²) >= 11 is 1.73. The number of carbonyl (C=O) groups is 1. The predicted octanol–water partition coefficient (Wildman–Crippen LogP) is 2.98. The molecule has 23 heavy (non-hydrogen) atoms. The molecule has 1 aromatic carbocycles. The summed E-state index contributed by atoms with van der Waals surface area (Å²) in [5.74, 6) is 2.68. The minimum Gasteiger partial charge on any atom is -0.497 e. The highest BCUT2D eigenvalue weighted by Crippen LogP contribution is 2.22. The molecule has 128 valence electrons. The molecule has 4 nitrogen and oxygen atoms in total. The van der Waals surface area contributed by atoms with Crippen LogP contribution in [-0.4, -0.2) is 61.3 Å². The Morgan fingerprint density at radius 3 is 2.39 bits per heavy atom. The zero-order chi connectivity index (χ0) is 16.7. The van der Waals surface area contributed by atoms with E-state index in [0.717, 1.165) is 44.2 Å². The summed E-state index contributed by atoms with van der Waals surface area (Å²) in [7, 11) is 1.67. The summed E-state index contributed by atoms with van der Waals surface area (Å²) in [6.07, 6.45) is 0.612. The van der Waals surface area contributed by atoms with Crippen molar-refractivity contribution in [3.63, 3.8) is 0 Å². The van der Waals surface area contributed by atoms with Crippen LogP contribution in [0.15, 0.2) is 29.2 Å². The molecule has 0 atom stereocenters. The third kappa shape index (κ3) is 6.07. The second kappa shape index (κ2) is 9.18. The van der Waals surface area contributed by atoms with Crippen LogP contribution in [0.5, 0.6) is 5.75 Å². The molecular formula is C18H28N2O2S. The lowest BCUT2D eigenvalue weighted by atomic mass is 10.2. The van der Waals surface area contributed by atoms with E-state index in [2.05, 4.69) is 18.7 Å². The molecule has 1 aliphatic heterocycles. The van der Waals surface area contributed by atoms with Crippen molar-refractivity contribution in [2.24, 2.45) is 5.92 Å². The summed E-state index contributed by atoms with van der Waals surface area (Å²) in [6, 6.07) is 7.99. The summed E-state index contributed by atoms with van der Waals surface area (Å²) in [4.78, 5) is 18.0. The van der Waals surface area contributed by atoms with Crippen molar-refractivity contribution >= 4 is 17.7 Å². The standard InChI is InChI=1S/C18H28N2O2S/c1-15(2)14-19-9-11-20(12-10-19)18(21)8-13-23-17-6-4-16(22-3)5-7-17/h4-7,15H,8-14H2,1-3H3. The second-order valence-corrected chi connectivity index (χ2v) is 7.52. The normalized spacial score (nSPS) is 15.9. The molecule has 5 heteroatoms. The molecule has 1 saturated heterocycles. The van der Waals surface area contributed by atoms with Gasteiger partial charge in [-0.15, -0.1) is 11.8 Å². The highest BCUT2D eigenvalue weighted by Gasteiger charge is 2.20. The maximum atomic E-state index is 12.3. The third-order valence-electron chi connectivity index (χ3n) is 3.99. The first-order valence-electron chi connectivity index (χ1n) is 8.35. The van der Waals surface area contributed by atoms with Gasteiger partial charge in [0.25, 0.3) is 0 Å². The van der Waals surface area contributed by atoms with Gasteiger partial charge in [-0.3, -0.25) is 9.69 Å². The molecule has 1 aromatic rings. The number of methoxy groups -OCH3 is 1. The van der Waals surface area contributed by atoms with E-state index >= 15 is 0 Å². The Balaban J connectivity index is 1.67. The molecule has 0 saturated carbocycles. The van der Waals surface area contributed by atoms with Crippen molar-refractivity contribution in [3.05, 3.63) is 24.3 Å². The monoisotopic (exact) mass is 336 g/mol. The first kappa shape index (κ1) is 18.1. The lowest BCUT2D eigenvalue weighted by molar-refractivity contribution is -0.132. The fourth-order valence-electron chi connectivity index (χ4n) is 2.78. The van der Waals surface area contributed by atoms with Crippen molar-refractivity contribution in [1.29, 1.82) is 0 Å². The number of amides is 1. The zero-order valence-electron chi connectivity index (χ0n) is 14.5. The van der Waals surface area contributed by atoms with Gasteiger partial charge in [-0.25, -0.2) is 0 Å². The maximum absolute atomic E-state index is 12.3. The van der Waals surface area contributed by atoms with Gasteiger partial charge in [0.15, 0.2) is 0 Å². The molecule has 0 radical (unpaired) electrons. The Bertz CT molecular complexity index is 482. The number of ether oxygens (including phenoxy) is 1. The molecule has 0 N–H and O–H groups in total. The van der Waals surface area contributed by atoms with Crippen molar-refractivity contribution in [1.82, 2.24) is 9.80 Å². The van der Waals surface area contributed by atoms with E-state index in [-0.39, 0.29) is 5.91 Å². The third-order valence-corrected chi connectivity index (χ3v) is 5.01. The van der Waals surface area contributed by atoms with Crippen LogP contribution < -0.4 is 4.74 Å². The van der Waals surface area contributed by atoms with Crippen LogP contribution in [0.2, 0.25) is 0 Å². The Hall–Kier alpha value is -1.20. The topological polar surface area (TPSA) is 32.8 Å². The minimum atomic E-state index is 0.287. The first-order chi connectivity index (χ1) is 11.1. The summed E-state index contributed by atoms with van der Waals surface area (Å²) in [5, 5.41) is 0. The highest BCUT2D eigenvalue weighted by atomic mass is 32.2. The average Bonchev–Trinajstić information content (AvgIpc) is 2.55. The molecule has 1 fully saturated rings. The van der Waals surface area contributed by atoms with Crippen LogP contribution in [0.4, 0.5) is 0 Å². The SMILES string of the molecule is COc1ccc(SCCC(=O)N2CCN(CC(C)C)CC2)cc1. The highest BCUT2D eigenvalue weighted by molar-refractivity contribution is 7.99. The molecule has 1 amide bonds. The van der Waals surface area contributed by atoms with E-state index in [4.69, 9.17) is 4.74 Å². The van der Waals surface area contributed by atoms with Gasteiger partial charge in [-0.1, -0.05) is 13.8 Å². The van der Waals surface area contributed by atoms with Gasteiger partial charge in [0.2, 0.25) is 5.91 Å². The van der Waals surface area contributed by atoms with Gasteiger partial charge < -0.3 is 9.64 Å². The number of nitrogens with zero attached hydrogens (tertiary/aromatic N) is 2. The Kier molecular flexibility index (Phi) is 7.24. The molecular weight excluding hydrogens is 308 g/mol. The predicted molar refractivity (Wildman–Crippen MR) is 96.2 cm³/mol. The van der Waals surface area contributed by atoms with Crippen LogP contribution in [-0.2, 0) is 4.79 Å². The fourth-order valence-corrected chi connectivity index (χ4v) is 3.62. The Labute approximate surface area is 144 Å². The maximum Gasteiger partial charge on any atom is 0.223 e. The van der Waals surface area contributed by atoms with Crippen molar-refractivity contribution in [3.8, 4) is 5.75 Å². The summed E-state index contributed by atoms with van der Waals surface area (Å²) in [6.45, 7) is 9.39. The number of carbonyl (C=O) groups excluding carboxylic acids is 1. The largest absolute Gasteiger partial charge is 0.497 e. The number of rotatable bonds is 7. The quantitative estimate of drug-likeness (QED) is 0.717. The van der Waals surface area contributed by atoms with E-state index in [9.17, 15) is 4.79 Å². The average molecular weight is 337 g/mol. The van der Waals surface area contributed by atoms with Gasteiger partial charge in [-0.2, -0.15) is 0 Å². The molecule has 0 spiro atoms. The number of benzene rings is 1. The van der Waals surface area contributed by atoms with Crippen LogP contribution >= 0.6 is 11.8 Å². The Morgan fingerprint density at radius 2 is 1.83 bits per heavy atom. The van der Waals surface area contributed by atoms with Crippen molar-refractivity contribution in [2.45, 2.75) is 25.2 Å². The van der Waals surface area contributed by atoms with E-state index in [1.165, 1.54) is 4.90 Å². The lowest BCUT2D eigenvalue weighted by Crippen LogP contribution is -2.49. The van der Waals surface area contributed by atoms with Crippen LogP contribution in [0.25, 0.3) is 0 Å². The molecule has 1 heterocycles.